The van der Waals surface area contributed by atoms with Gasteiger partial charge in [-0.25, -0.2) is 0 Å². The first-order valence-electron chi connectivity index (χ1n) is 6.65. The SMILES string of the molecule is CCCCCCCOc1ncnc(OCC)c1N. The average Bonchev–Trinajstić information content (AvgIpc) is 2.38. The number of ether oxygens (including phenoxy) is 2. The molecule has 2 N–H and O–H groups in total. The predicted molar refractivity (Wildman–Crippen MR) is 71.9 cm³/mol. The normalized spacial score (nSPS) is 10.3. The minimum absolute atomic E-state index is 0.382. The van der Waals surface area contributed by atoms with Gasteiger partial charge in [0.1, 0.15) is 6.33 Å². The van der Waals surface area contributed by atoms with E-state index in [1.54, 1.807) is 0 Å². The molecular weight excluding hydrogens is 230 g/mol. The second kappa shape index (κ2) is 8.55. The molecule has 0 spiro atoms. The molecule has 0 unspecified atom stereocenters. The van der Waals surface area contributed by atoms with E-state index < -0.39 is 0 Å². The first-order chi connectivity index (χ1) is 8.79. The molecule has 0 aliphatic heterocycles. The van der Waals surface area contributed by atoms with E-state index in [2.05, 4.69) is 16.9 Å². The maximum Gasteiger partial charge on any atom is 0.244 e. The minimum atomic E-state index is 0.382. The molecule has 1 aromatic rings. The third-order valence-electron chi connectivity index (χ3n) is 2.58. The van der Waals surface area contributed by atoms with Crippen LogP contribution in [0.15, 0.2) is 6.33 Å². The van der Waals surface area contributed by atoms with Crippen molar-refractivity contribution in [1.82, 2.24) is 9.97 Å². The molecule has 1 aromatic heterocycles. The van der Waals surface area contributed by atoms with Crippen molar-refractivity contribution in [2.75, 3.05) is 18.9 Å². The summed E-state index contributed by atoms with van der Waals surface area (Å²) in [6, 6.07) is 0. The van der Waals surface area contributed by atoms with Gasteiger partial charge in [0.25, 0.3) is 0 Å². The van der Waals surface area contributed by atoms with Crippen molar-refractivity contribution < 1.29 is 9.47 Å². The number of nitrogen functional groups attached to an aromatic ring is 1. The lowest BCUT2D eigenvalue weighted by Gasteiger charge is -2.10. The van der Waals surface area contributed by atoms with E-state index in [-0.39, 0.29) is 0 Å². The third kappa shape index (κ3) is 4.77. The van der Waals surface area contributed by atoms with Crippen molar-refractivity contribution in [3.05, 3.63) is 6.33 Å². The lowest BCUT2D eigenvalue weighted by atomic mass is 10.2. The van der Waals surface area contributed by atoms with Crippen LogP contribution in [0.25, 0.3) is 0 Å². The molecule has 0 bridgehead atoms. The van der Waals surface area contributed by atoms with E-state index >= 15 is 0 Å². The molecule has 5 heteroatoms. The molecule has 0 saturated carbocycles. The lowest BCUT2D eigenvalue weighted by Crippen LogP contribution is -2.06. The van der Waals surface area contributed by atoms with Crippen LogP contribution < -0.4 is 15.2 Å². The van der Waals surface area contributed by atoms with Gasteiger partial charge < -0.3 is 15.2 Å². The molecule has 0 radical (unpaired) electrons. The summed E-state index contributed by atoms with van der Waals surface area (Å²) < 4.78 is 10.8. The van der Waals surface area contributed by atoms with Crippen LogP contribution in [0.2, 0.25) is 0 Å². The maximum atomic E-state index is 5.86. The zero-order valence-electron chi connectivity index (χ0n) is 11.3. The number of nitrogens with two attached hydrogens (primary N) is 1. The Morgan fingerprint density at radius 2 is 1.67 bits per heavy atom. The Hall–Kier alpha value is -1.52. The first-order valence-corrected chi connectivity index (χ1v) is 6.65. The Morgan fingerprint density at radius 3 is 2.33 bits per heavy atom. The van der Waals surface area contributed by atoms with Gasteiger partial charge in [-0.1, -0.05) is 32.6 Å². The summed E-state index contributed by atoms with van der Waals surface area (Å²) in [4.78, 5) is 7.98. The molecule has 0 atom stereocenters. The molecule has 0 aliphatic carbocycles. The van der Waals surface area contributed by atoms with E-state index in [1.165, 1.54) is 32.0 Å². The average molecular weight is 253 g/mol. The minimum Gasteiger partial charge on any atom is -0.476 e. The van der Waals surface area contributed by atoms with Gasteiger partial charge in [0.2, 0.25) is 11.8 Å². The monoisotopic (exact) mass is 253 g/mol. The van der Waals surface area contributed by atoms with Gasteiger partial charge >= 0.3 is 0 Å². The van der Waals surface area contributed by atoms with E-state index in [1.807, 2.05) is 6.92 Å². The number of unbranched alkanes of at least 4 members (excludes halogenated alkanes) is 4. The Balaban J connectivity index is 2.35. The standard InChI is InChI=1S/C13H23N3O2/c1-3-5-6-7-8-9-18-13-11(14)12(17-4-2)15-10-16-13/h10H,3-9,14H2,1-2H3. The van der Waals surface area contributed by atoms with E-state index in [0.717, 1.165) is 6.42 Å². The van der Waals surface area contributed by atoms with Crippen molar-refractivity contribution in [2.45, 2.75) is 46.0 Å². The van der Waals surface area contributed by atoms with Gasteiger partial charge in [-0.05, 0) is 13.3 Å². The number of rotatable bonds is 9. The van der Waals surface area contributed by atoms with E-state index in [9.17, 15) is 0 Å². The maximum absolute atomic E-state index is 5.86. The van der Waals surface area contributed by atoms with Gasteiger partial charge in [0.05, 0.1) is 13.2 Å². The Labute approximate surface area is 109 Å². The molecule has 0 saturated heterocycles. The zero-order chi connectivity index (χ0) is 13.2. The number of hydrogen-bond donors (Lipinski definition) is 1. The largest absolute Gasteiger partial charge is 0.476 e. The van der Waals surface area contributed by atoms with Crippen LogP contribution in [0.5, 0.6) is 11.8 Å². The Kier molecular flexibility index (Phi) is 6.91. The van der Waals surface area contributed by atoms with Crippen LogP contribution in [0.3, 0.4) is 0 Å². The quantitative estimate of drug-likeness (QED) is 0.685. The fourth-order valence-electron chi connectivity index (χ4n) is 1.61. The van der Waals surface area contributed by atoms with Gasteiger partial charge in [-0.15, -0.1) is 0 Å². The molecule has 18 heavy (non-hydrogen) atoms. The fraction of sp³-hybridized carbons (Fsp3) is 0.692. The predicted octanol–water partition coefficient (Wildman–Crippen LogP) is 2.81. The second-order valence-electron chi connectivity index (χ2n) is 4.09. The molecule has 0 amide bonds. The van der Waals surface area contributed by atoms with E-state index in [4.69, 9.17) is 15.2 Å². The van der Waals surface area contributed by atoms with Gasteiger partial charge in [-0.2, -0.15) is 9.97 Å². The topological polar surface area (TPSA) is 70.3 Å². The summed E-state index contributed by atoms with van der Waals surface area (Å²) in [6.07, 6.45) is 7.39. The highest BCUT2D eigenvalue weighted by Crippen LogP contribution is 2.26. The first kappa shape index (κ1) is 14.5. The highest BCUT2D eigenvalue weighted by molar-refractivity contribution is 5.55. The molecule has 1 rings (SSSR count). The summed E-state index contributed by atoms with van der Waals surface area (Å²) in [6.45, 7) is 5.25. The van der Waals surface area contributed by atoms with Gasteiger partial charge in [-0.3, -0.25) is 0 Å². The molecular formula is C13H23N3O2. The highest BCUT2D eigenvalue weighted by atomic mass is 16.5. The van der Waals surface area contributed by atoms with Crippen LogP contribution in [0.4, 0.5) is 5.69 Å². The number of hydrogen-bond acceptors (Lipinski definition) is 5. The summed E-state index contributed by atoms with van der Waals surface area (Å²) in [5.74, 6) is 0.817. The van der Waals surface area contributed by atoms with Crippen LogP contribution in [-0.4, -0.2) is 23.2 Å². The van der Waals surface area contributed by atoms with Crippen molar-refractivity contribution in [1.29, 1.82) is 0 Å². The van der Waals surface area contributed by atoms with Crippen molar-refractivity contribution in [3.63, 3.8) is 0 Å². The van der Waals surface area contributed by atoms with Crippen molar-refractivity contribution >= 4 is 5.69 Å². The van der Waals surface area contributed by atoms with Crippen LogP contribution in [-0.2, 0) is 0 Å². The summed E-state index contributed by atoms with van der Waals surface area (Å²) in [5, 5.41) is 0. The second-order valence-corrected chi connectivity index (χ2v) is 4.09. The number of aromatic nitrogens is 2. The number of anilines is 1. The molecule has 102 valence electrons. The summed E-state index contributed by atoms with van der Waals surface area (Å²) in [7, 11) is 0. The van der Waals surface area contributed by atoms with Crippen LogP contribution in [0.1, 0.15) is 46.0 Å². The molecule has 1 heterocycles. The summed E-state index contributed by atoms with van der Waals surface area (Å²) in [5.41, 5.74) is 6.24. The van der Waals surface area contributed by atoms with Crippen LogP contribution in [0, 0.1) is 0 Å². The molecule has 0 aromatic carbocycles. The highest BCUT2D eigenvalue weighted by Gasteiger charge is 2.09. The molecule has 0 fully saturated rings. The third-order valence-corrected chi connectivity index (χ3v) is 2.58. The van der Waals surface area contributed by atoms with Gasteiger partial charge in [0, 0.05) is 0 Å². The lowest BCUT2D eigenvalue weighted by molar-refractivity contribution is 0.287. The number of nitrogens with zero attached hydrogens (tertiary/aromatic N) is 2. The molecule has 5 nitrogen and oxygen atoms in total. The van der Waals surface area contributed by atoms with E-state index in [0.29, 0.717) is 30.7 Å². The molecule has 0 aliphatic rings. The Bertz CT molecular complexity index is 345. The van der Waals surface area contributed by atoms with Gasteiger partial charge in [0.15, 0.2) is 5.69 Å². The summed E-state index contributed by atoms with van der Waals surface area (Å²) >= 11 is 0. The van der Waals surface area contributed by atoms with Crippen molar-refractivity contribution in [2.24, 2.45) is 0 Å². The smallest absolute Gasteiger partial charge is 0.244 e. The Morgan fingerprint density at radius 1 is 1.00 bits per heavy atom. The zero-order valence-corrected chi connectivity index (χ0v) is 11.3. The fourth-order valence-corrected chi connectivity index (χ4v) is 1.61. The van der Waals surface area contributed by atoms with Crippen molar-refractivity contribution in [3.8, 4) is 11.8 Å². The van der Waals surface area contributed by atoms with Crippen LogP contribution >= 0.6 is 0 Å².